The van der Waals surface area contributed by atoms with E-state index in [9.17, 15) is 18.4 Å². The maximum Gasteiger partial charge on any atom is 0.252 e. The highest BCUT2D eigenvalue weighted by Crippen LogP contribution is 2.37. The second-order valence-corrected chi connectivity index (χ2v) is 9.26. The average molecular weight is 576 g/mol. The van der Waals surface area contributed by atoms with Crippen molar-refractivity contribution in [1.82, 2.24) is 20.2 Å². The minimum atomic E-state index is -0.960. The van der Waals surface area contributed by atoms with Crippen LogP contribution < -0.4 is 20.1 Å². The van der Waals surface area contributed by atoms with Gasteiger partial charge in [0.05, 0.1) is 37.5 Å². The molecule has 4 rings (SSSR count). The molecule has 1 aliphatic rings. The Morgan fingerprint density at radius 3 is 2.77 bits per heavy atom. The first kappa shape index (κ1) is 29.1. The lowest BCUT2D eigenvalue weighted by Gasteiger charge is -2.33. The Balaban J connectivity index is 1.59. The smallest absolute Gasteiger partial charge is 0.252 e. The fourth-order valence-corrected chi connectivity index (χ4v) is 4.50. The number of hydrogen-bond acceptors (Lipinski definition) is 9. The van der Waals surface area contributed by atoms with Crippen LogP contribution in [0.15, 0.2) is 43.2 Å². The number of hydrogen-bond donors (Lipinski definition) is 2. The summed E-state index contributed by atoms with van der Waals surface area (Å²) in [6.45, 7) is 4.23. The molecule has 212 valence electrons. The van der Waals surface area contributed by atoms with E-state index in [1.807, 2.05) is 0 Å². The molecule has 1 aromatic heterocycles. The number of aromatic nitrogens is 2. The van der Waals surface area contributed by atoms with Gasteiger partial charge in [0.15, 0.2) is 17.3 Å². The van der Waals surface area contributed by atoms with Crippen molar-refractivity contribution in [2.24, 2.45) is 0 Å². The van der Waals surface area contributed by atoms with E-state index in [1.165, 1.54) is 26.6 Å². The number of anilines is 2. The van der Waals surface area contributed by atoms with Crippen molar-refractivity contribution in [2.45, 2.75) is 25.0 Å². The number of carbonyl (C=O) groups is 2. The zero-order valence-electron chi connectivity index (χ0n) is 21.9. The lowest BCUT2D eigenvalue weighted by atomic mass is 10.00. The third kappa shape index (κ3) is 6.30. The monoisotopic (exact) mass is 575 g/mol. The fraction of sp³-hybridized carbons (Fsp3) is 0.333. The molecule has 1 aliphatic heterocycles. The maximum atomic E-state index is 14.6. The third-order valence-electron chi connectivity index (χ3n) is 6.38. The largest absolute Gasteiger partial charge is 0.493 e. The highest BCUT2D eigenvalue weighted by molar-refractivity contribution is 6.31. The molecule has 0 unspecified atom stereocenters. The van der Waals surface area contributed by atoms with Gasteiger partial charge in [0, 0.05) is 25.0 Å². The van der Waals surface area contributed by atoms with Crippen LogP contribution in [0.3, 0.4) is 0 Å². The van der Waals surface area contributed by atoms with Crippen molar-refractivity contribution < 1.29 is 32.6 Å². The topological polar surface area (TPSA) is 115 Å². The van der Waals surface area contributed by atoms with Crippen molar-refractivity contribution in [2.75, 3.05) is 39.2 Å². The van der Waals surface area contributed by atoms with E-state index >= 15 is 0 Å². The van der Waals surface area contributed by atoms with Gasteiger partial charge in [-0.1, -0.05) is 18.2 Å². The Morgan fingerprint density at radius 1 is 1.25 bits per heavy atom. The van der Waals surface area contributed by atoms with Gasteiger partial charge in [0.1, 0.15) is 29.1 Å². The Morgan fingerprint density at radius 2 is 2.05 bits per heavy atom. The van der Waals surface area contributed by atoms with Crippen LogP contribution in [0, 0.1) is 11.6 Å². The van der Waals surface area contributed by atoms with Crippen molar-refractivity contribution in [3.05, 3.63) is 59.9 Å². The van der Waals surface area contributed by atoms with Crippen LogP contribution in [0.1, 0.15) is 12.8 Å². The van der Waals surface area contributed by atoms with E-state index in [1.54, 1.807) is 12.1 Å². The van der Waals surface area contributed by atoms with E-state index in [2.05, 4.69) is 27.2 Å². The predicted octanol–water partition coefficient (Wildman–Crippen LogP) is 4.00. The van der Waals surface area contributed by atoms with Crippen LogP contribution >= 0.6 is 11.6 Å². The molecule has 0 saturated carbocycles. The molecule has 1 fully saturated rings. The summed E-state index contributed by atoms with van der Waals surface area (Å²) in [6, 6.07) is 4.88. The molecular weight excluding hydrogens is 548 g/mol. The van der Waals surface area contributed by atoms with Gasteiger partial charge >= 0.3 is 0 Å². The number of nitrogens with one attached hydrogen (secondary N) is 2. The summed E-state index contributed by atoms with van der Waals surface area (Å²) in [5.74, 6) is -1.79. The van der Waals surface area contributed by atoms with Crippen LogP contribution in [0.4, 0.5) is 20.3 Å². The van der Waals surface area contributed by atoms with Gasteiger partial charge in [0.25, 0.3) is 5.91 Å². The first-order valence-electron chi connectivity index (χ1n) is 12.4. The zero-order chi connectivity index (χ0) is 28.8. The van der Waals surface area contributed by atoms with Crippen molar-refractivity contribution >= 4 is 45.8 Å². The molecule has 0 bridgehead atoms. The molecule has 13 heteroatoms. The SMILES string of the molecule is C=CC(=O)N(CCOC)C(=O)[C@@H]1C[C@@H](Oc2cc3c(Nc4ccc(F)c(Cl)c4F)ncnc3cc2OC)CCN1. The number of imide groups is 1. The van der Waals surface area contributed by atoms with Gasteiger partial charge in [-0.05, 0) is 37.2 Å². The number of methoxy groups -OCH3 is 2. The van der Waals surface area contributed by atoms with E-state index in [0.717, 1.165) is 17.0 Å². The summed E-state index contributed by atoms with van der Waals surface area (Å²) in [6.07, 6.45) is 2.83. The van der Waals surface area contributed by atoms with E-state index in [-0.39, 0.29) is 31.1 Å². The van der Waals surface area contributed by atoms with Crippen LogP contribution in [-0.4, -0.2) is 72.7 Å². The van der Waals surface area contributed by atoms with Crippen molar-refractivity contribution in [3.63, 3.8) is 0 Å². The van der Waals surface area contributed by atoms with E-state index in [0.29, 0.717) is 35.4 Å². The second-order valence-electron chi connectivity index (χ2n) is 8.89. The zero-order valence-corrected chi connectivity index (χ0v) is 22.6. The summed E-state index contributed by atoms with van der Waals surface area (Å²) < 4.78 is 45.0. The molecule has 0 aliphatic carbocycles. The Kier molecular flexibility index (Phi) is 9.46. The number of fused-ring (bicyclic) bond motifs is 1. The number of amides is 2. The van der Waals surface area contributed by atoms with Crippen molar-refractivity contribution in [3.8, 4) is 11.5 Å². The van der Waals surface area contributed by atoms with Gasteiger partial charge in [-0.15, -0.1) is 0 Å². The quantitative estimate of drug-likeness (QED) is 0.273. The molecule has 2 aromatic carbocycles. The fourth-order valence-electron chi connectivity index (χ4n) is 4.33. The Bertz CT molecular complexity index is 1430. The summed E-state index contributed by atoms with van der Waals surface area (Å²) in [4.78, 5) is 35.0. The molecule has 2 heterocycles. The number of halogens is 3. The van der Waals surface area contributed by atoms with Gasteiger partial charge in [-0.25, -0.2) is 18.7 Å². The summed E-state index contributed by atoms with van der Waals surface area (Å²) in [7, 11) is 2.96. The minimum absolute atomic E-state index is 0.0727. The predicted molar refractivity (Wildman–Crippen MR) is 145 cm³/mol. The molecule has 2 atom stereocenters. The summed E-state index contributed by atoms with van der Waals surface area (Å²) in [5.41, 5.74) is 0.405. The third-order valence-corrected chi connectivity index (χ3v) is 6.73. The lowest BCUT2D eigenvalue weighted by molar-refractivity contribution is -0.145. The average Bonchev–Trinajstić information content (AvgIpc) is 2.97. The Hall–Kier alpha value is -3.87. The van der Waals surface area contributed by atoms with Crippen LogP contribution in [0.25, 0.3) is 10.9 Å². The number of piperidine rings is 1. The molecule has 2 N–H and O–H groups in total. The maximum absolute atomic E-state index is 14.6. The number of ether oxygens (including phenoxy) is 3. The summed E-state index contributed by atoms with van der Waals surface area (Å²) in [5, 5.41) is 5.82. The standard InChI is InChI=1S/C27H28ClF2N5O5/c1-4-23(36)35(9-10-38-2)27(37)20-11-15(7-8-31-20)40-22-12-16-19(13-21(22)39-3)32-14-33-26(16)34-18-6-5-17(29)24(28)25(18)30/h4-6,12-15,20,31H,1,7-11H2,2-3H3,(H,32,33,34)/t15-,20-/m0/s1. The number of rotatable bonds is 10. The lowest BCUT2D eigenvalue weighted by Crippen LogP contribution is -2.54. The van der Waals surface area contributed by atoms with Crippen LogP contribution in [0.5, 0.6) is 11.5 Å². The Labute approximate surface area is 234 Å². The molecule has 2 amide bonds. The summed E-state index contributed by atoms with van der Waals surface area (Å²) >= 11 is 5.72. The number of benzene rings is 2. The minimum Gasteiger partial charge on any atom is -0.493 e. The van der Waals surface area contributed by atoms with Gasteiger partial charge in [-0.3, -0.25) is 14.5 Å². The highest BCUT2D eigenvalue weighted by atomic mass is 35.5. The molecule has 0 radical (unpaired) electrons. The second kappa shape index (κ2) is 13.0. The normalized spacial score (nSPS) is 16.8. The van der Waals surface area contributed by atoms with Crippen molar-refractivity contribution in [1.29, 1.82) is 0 Å². The molecule has 10 nitrogen and oxygen atoms in total. The highest BCUT2D eigenvalue weighted by Gasteiger charge is 2.33. The van der Waals surface area contributed by atoms with E-state index < -0.39 is 40.6 Å². The molecule has 40 heavy (non-hydrogen) atoms. The van der Waals surface area contributed by atoms with Crippen LogP contribution in [-0.2, 0) is 14.3 Å². The van der Waals surface area contributed by atoms with Gasteiger partial charge in [0.2, 0.25) is 5.91 Å². The molecule has 3 aromatic rings. The molecular formula is C27H28ClF2N5O5. The molecule has 1 saturated heterocycles. The van der Waals surface area contributed by atoms with Crippen LogP contribution in [0.2, 0.25) is 5.02 Å². The first-order valence-corrected chi connectivity index (χ1v) is 12.7. The first-order chi connectivity index (χ1) is 19.3. The number of carbonyl (C=O) groups excluding carboxylic acids is 2. The van der Waals surface area contributed by atoms with E-state index in [4.69, 9.17) is 25.8 Å². The molecule has 0 spiro atoms. The van der Waals surface area contributed by atoms with Gasteiger partial charge in [-0.2, -0.15) is 0 Å². The van der Waals surface area contributed by atoms with Gasteiger partial charge < -0.3 is 24.8 Å². The number of nitrogens with zero attached hydrogens (tertiary/aromatic N) is 3.